The smallest absolute Gasteiger partial charge is 0.280 e. The first-order chi connectivity index (χ1) is 17.1. The van der Waals surface area contributed by atoms with Crippen LogP contribution in [0.15, 0.2) is 35.4 Å². The van der Waals surface area contributed by atoms with Crippen LogP contribution < -0.4 is 10.9 Å². The third-order valence-electron chi connectivity index (χ3n) is 6.16. The Morgan fingerprint density at radius 3 is 2.28 bits per heavy atom. The van der Waals surface area contributed by atoms with Crippen LogP contribution in [0.1, 0.15) is 40.8 Å². The normalized spacial score (nSPS) is 24.6. The minimum atomic E-state index is -1.67. The van der Waals surface area contributed by atoms with Crippen molar-refractivity contribution in [2.45, 2.75) is 44.6 Å². The van der Waals surface area contributed by atoms with Crippen LogP contribution in [0.5, 0.6) is 0 Å². The zero-order chi connectivity index (χ0) is 25.9. The summed E-state index contributed by atoms with van der Waals surface area (Å²) in [6.07, 6.45) is -4.99. The number of anilines is 1. The number of ether oxygens (including phenoxy) is 1. The first-order valence-electron chi connectivity index (χ1n) is 11.0. The van der Waals surface area contributed by atoms with Gasteiger partial charge >= 0.3 is 0 Å². The number of nitrogens with zero attached hydrogens (tertiary/aromatic N) is 4. The molecule has 3 aromatic rings. The van der Waals surface area contributed by atoms with Crippen LogP contribution in [0.3, 0.4) is 0 Å². The third-order valence-corrected chi connectivity index (χ3v) is 6.16. The molecule has 0 radical (unpaired) electrons. The Morgan fingerprint density at radius 1 is 1.08 bits per heavy atom. The molecular formula is C22H22N6O8. The van der Waals surface area contributed by atoms with Gasteiger partial charge in [0, 0.05) is 0 Å². The maximum atomic E-state index is 13.3. The number of imide groups is 1. The highest BCUT2D eigenvalue weighted by atomic mass is 16.7. The number of fused-ring (bicyclic) bond motifs is 2. The third kappa shape index (κ3) is 3.58. The number of carbonyl (C=O) groups excluding carboxylic acids is 3. The van der Waals surface area contributed by atoms with E-state index in [1.54, 1.807) is 26.0 Å². The molecule has 4 heterocycles. The molecule has 0 aliphatic carbocycles. The number of aliphatic hydroxyl groups excluding tert-OH is 3. The SMILES string of the molecule is CC(C)C(C(=O)Nc1nc2c(ncn2C2OC(O)C(O)C2O)c(=O)[nH]1)N1C(=O)c2ccccc2C1=O. The first kappa shape index (κ1) is 23.7. The van der Waals surface area contributed by atoms with Gasteiger partial charge in [0.2, 0.25) is 11.9 Å². The number of amides is 3. The summed E-state index contributed by atoms with van der Waals surface area (Å²) in [6.45, 7) is 3.33. The zero-order valence-corrected chi connectivity index (χ0v) is 19.0. The standard InChI is InChI=1S/C22H22N6O8/c1-8(2)12(28-18(33)9-5-3-4-6-10(9)19(28)34)17(32)26-22-24-15-11(16(31)25-22)23-7-27(15)20-13(29)14(30)21(35)36-20/h3-8,12-14,20-21,29-30,35H,1-2H3,(H2,24,25,26,31,32). The summed E-state index contributed by atoms with van der Waals surface area (Å²) >= 11 is 0. The fourth-order valence-electron chi connectivity index (χ4n) is 4.41. The molecule has 5 atom stereocenters. The predicted octanol–water partition coefficient (Wildman–Crippen LogP) is -1.05. The molecule has 5 rings (SSSR count). The molecule has 1 aromatic carbocycles. The molecule has 36 heavy (non-hydrogen) atoms. The average Bonchev–Trinajstić information content (AvgIpc) is 3.45. The van der Waals surface area contributed by atoms with Gasteiger partial charge < -0.3 is 20.1 Å². The van der Waals surface area contributed by atoms with Gasteiger partial charge in [0.05, 0.1) is 17.5 Å². The van der Waals surface area contributed by atoms with E-state index in [2.05, 4.69) is 20.3 Å². The summed E-state index contributed by atoms with van der Waals surface area (Å²) in [7, 11) is 0. The summed E-state index contributed by atoms with van der Waals surface area (Å²) < 4.78 is 6.28. The molecule has 2 aromatic heterocycles. The summed E-state index contributed by atoms with van der Waals surface area (Å²) in [6, 6.07) is 5.04. The van der Waals surface area contributed by atoms with Crippen LogP contribution in [0.25, 0.3) is 11.2 Å². The summed E-state index contributed by atoms with van der Waals surface area (Å²) in [5, 5.41) is 32.1. The zero-order valence-electron chi connectivity index (χ0n) is 19.0. The number of carbonyl (C=O) groups is 3. The number of aliphatic hydroxyl groups is 3. The number of aromatic nitrogens is 4. The molecule has 5 unspecified atom stereocenters. The average molecular weight is 498 g/mol. The molecule has 0 bridgehead atoms. The number of nitrogens with one attached hydrogen (secondary N) is 2. The number of rotatable bonds is 5. The fourth-order valence-corrected chi connectivity index (χ4v) is 4.41. The lowest BCUT2D eigenvalue weighted by molar-refractivity contribution is -0.141. The van der Waals surface area contributed by atoms with E-state index < -0.39 is 60.0 Å². The van der Waals surface area contributed by atoms with E-state index in [9.17, 15) is 34.5 Å². The van der Waals surface area contributed by atoms with Crippen molar-refractivity contribution in [2.24, 2.45) is 5.92 Å². The van der Waals surface area contributed by atoms with Gasteiger partial charge in [0.25, 0.3) is 17.4 Å². The Labute approximate surface area is 202 Å². The number of imidazole rings is 1. The minimum Gasteiger partial charge on any atom is -0.385 e. The highest BCUT2D eigenvalue weighted by Gasteiger charge is 2.45. The molecule has 1 fully saturated rings. The second kappa shape index (κ2) is 8.60. The molecule has 5 N–H and O–H groups in total. The fraction of sp³-hybridized carbons (Fsp3) is 0.364. The van der Waals surface area contributed by atoms with Crippen molar-refractivity contribution in [3.63, 3.8) is 0 Å². The predicted molar refractivity (Wildman–Crippen MR) is 120 cm³/mol. The Morgan fingerprint density at radius 2 is 1.72 bits per heavy atom. The van der Waals surface area contributed by atoms with Gasteiger partial charge in [-0.2, -0.15) is 4.98 Å². The molecule has 0 saturated carbocycles. The summed E-state index contributed by atoms with van der Waals surface area (Å²) in [5.41, 5.74) is -0.610. The van der Waals surface area contributed by atoms with Crippen LogP contribution in [-0.4, -0.2) is 82.0 Å². The highest BCUT2D eigenvalue weighted by molar-refractivity contribution is 6.23. The van der Waals surface area contributed by atoms with Gasteiger partial charge in [-0.3, -0.25) is 38.9 Å². The van der Waals surface area contributed by atoms with E-state index >= 15 is 0 Å². The van der Waals surface area contributed by atoms with E-state index in [4.69, 9.17) is 4.74 Å². The quantitative estimate of drug-likeness (QED) is 0.270. The van der Waals surface area contributed by atoms with Crippen LogP contribution >= 0.6 is 0 Å². The number of H-pyrrole nitrogens is 1. The van der Waals surface area contributed by atoms with Gasteiger partial charge in [-0.1, -0.05) is 26.0 Å². The first-order valence-corrected chi connectivity index (χ1v) is 11.0. The summed E-state index contributed by atoms with van der Waals surface area (Å²) in [5.74, 6) is -2.78. The van der Waals surface area contributed by atoms with Crippen molar-refractivity contribution >= 4 is 34.8 Å². The van der Waals surface area contributed by atoms with Crippen molar-refractivity contribution in [3.05, 3.63) is 52.1 Å². The largest absolute Gasteiger partial charge is 0.385 e. The van der Waals surface area contributed by atoms with Crippen LogP contribution in [0.2, 0.25) is 0 Å². The Bertz CT molecular complexity index is 1410. The lowest BCUT2D eigenvalue weighted by Gasteiger charge is -2.28. The van der Waals surface area contributed by atoms with Crippen LogP contribution in [0, 0.1) is 5.92 Å². The molecule has 1 saturated heterocycles. The molecule has 2 aliphatic heterocycles. The topological polar surface area (TPSA) is 200 Å². The second-order valence-electron chi connectivity index (χ2n) is 8.84. The minimum absolute atomic E-state index is 0.110. The van der Waals surface area contributed by atoms with Crippen LogP contribution in [0.4, 0.5) is 5.95 Å². The Kier molecular flexibility index (Phi) is 5.67. The van der Waals surface area contributed by atoms with E-state index in [0.29, 0.717) is 0 Å². The van der Waals surface area contributed by atoms with Gasteiger partial charge in [-0.15, -0.1) is 0 Å². The second-order valence-corrected chi connectivity index (χ2v) is 8.84. The van der Waals surface area contributed by atoms with Gasteiger partial charge in [-0.25, -0.2) is 4.98 Å². The lowest BCUT2D eigenvalue weighted by Crippen LogP contribution is -2.50. The molecule has 14 heteroatoms. The monoisotopic (exact) mass is 498 g/mol. The lowest BCUT2D eigenvalue weighted by atomic mass is 10.0. The Hall–Kier alpha value is -3.98. The molecule has 0 spiro atoms. The molecule has 188 valence electrons. The molecular weight excluding hydrogens is 476 g/mol. The number of aromatic amines is 1. The maximum absolute atomic E-state index is 13.3. The van der Waals surface area contributed by atoms with Crippen LogP contribution in [-0.2, 0) is 9.53 Å². The van der Waals surface area contributed by atoms with Gasteiger partial charge in [0.15, 0.2) is 23.7 Å². The molecule has 14 nitrogen and oxygen atoms in total. The van der Waals surface area contributed by atoms with Crippen molar-refractivity contribution in [1.29, 1.82) is 0 Å². The Balaban J connectivity index is 1.47. The maximum Gasteiger partial charge on any atom is 0.280 e. The van der Waals surface area contributed by atoms with Gasteiger partial charge in [0.1, 0.15) is 18.2 Å². The summed E-state index contributed by atoms with van der Waals surface area (Å²) in [4.78, 5) is 63.1. The number of hydrogen-bond donors (Lipinski definition) is 5. The van der Waals surface area contributed by atoms with E-state index in [1.807, 2.05) is 0 Å². The van der Waals surface area contributed by atoms with Crippen molar-refractivity contribution in [2.75, 3.05) is 5.32 Å². The van der Waals surface area contributed by atoms with Gasteiger partial charge in [-0.05, 0) is 18.1 Å². The van der Waals surface area contributed by atoms with Crippen molar-refractivity contribution < 1.29 is 34.4 Å². The van der Waals surface area contributed by atoms with E-state index in [-0.39, 0.29) is 28.2 Å². The van der Waals surface area contributed by atoms with Crippen molar-refractivity contribution in [1.82, 2.24) is 24.4 Å². The molecule has 3 amide bonds. The van der Waals surface area contributed by atoms with E-state index in [0.717, 1.165) is 15.8 Å². The van der Waals surface area contributed by atoms with E-state index in [1.165, 1.54) is 12.1 Å². The number of benzene rings is 1. The molecule has 2 aliphatic rings. The van der Waals surface area contributed by atoms with Crippen molar-refractivity contribution in [3.8, 4) is 0 Å². The number of hydrogen-bond acceptors (Lipinski definition) is 10. The highest BCUT2D eigenvalue weighted by Crippen LogP contribution is 2.30.